The summed E-state index contributed by atoms with van der Waals surface area (Å²) in [5, 5.41) is 0. The molecular weight excluding hydrogens is 208 g/mol. The molecule has 0 radical (unpaired) electrons. The van der Waals surface area contributed by atoms with Crippen molar-refractivity contribution in [2.24, 2.45) is 0 Å². The van der Waals surface area contributed by atoms with Crippen molar-refractivity contribution < 1.29 is 4.74 Å². The van der Waals surface area contributed by atoms with Crippen molar-refractivity contribution in [3.63, 3.8) is 0 Å². The normalized spacial score (nSPS) is 16.5. The Kier molecular flexibility index (Phi) is 4.09. The van der Waals surface area contributed by atoms with Crippen molar-refractivity contribution in [2.45, 2.75) is 44.9 Å². The summed E-state index contributed by atoms with van der Waals surface area (Å²) in [4.78, 5) is 0. The summed E-state index contributed by atoms with van der Waals surface area (Å²) in [6.45, 7) is 2.50. The van der Waals surface area contributed by atoms with E-state index in [1.54, 1.807) is 0 Å². The topological polar surface area (TPSA) is 9.23 Å². The molecule has 1 aromatic carbocycles. The average Bonchev–Trinajstić information content (AvgIpc) is 2.38. The Labute approximate surface area is 104 Å². The van der Waals surface area contributed by atoms with Crippen molar-refractivity contribution in [3.05, 3.63) is 29.3 Å². The fourth-order valence-corrected chi connectivity index (χ4v) is 2.65. The van der Waals surface area contributed by atoms with Crippen LogP contribution >= 0.6 is 0 Å². The Morgan fingerprint density at radius 1 is 1.29 bits per heavy atom. The third-order valence-corrected chi connectivity index (χ3v) is 3.52. The largest absolute Gasteiger partial charge is 0.481 e. The molecule has 0 atom stereocenters. The lowest BCUT2D eigenvalue weighted by molar-refractivity contribution is 0.354. The predicted molar refractivity (Wildman–Crippen MR) is 71.3 cm³/mol. The SMILES string of the molecule is C#CCOc1ccc(C)cc1C1CCCCC1. The maximum absolute atomic E-state index is 5.66. The van der Waals surface area contributed by atoms with Crippen LogP contribution in [0.1, 0.15) is 49.1 Å². The summed E-state index contributed by atoms with van der Waals surface area (Å²) in [5.41, 5.74) is 2.67. The second-order valence-corrected chi connectivity index (χ2v) is 4.87. The molecule has 0 saturated heterocycles. The Bertz CT molecular complexity index is 408. The summed E-state index contributed by atoms with van der Waals surface area (Å²) in [6.07, 6.45) is 11.9. The molecule has 0 spiro atoms. The Morgan fingerprint density at radius 2 is 2.06 bits per heavy atom. The average molecular weight is 228 g/mol. The van der Waals surface area contributed by atoms with Crippen molar-refractivity contribution >= 4 is 0 Å². The Hall–Kier alpha value is -1.42. The van der Waals surface area contributed by atoms with Crippen LogP contribution in [0.5, 0.6) is 5.75 Å². The predicted octanol–water partition coefficient (Wildman–Crippen LogP) is 4.05. The van der Waals surface area contributed by atoms with Gasteiger partial charge in [-0.2, -0.15) is 0 Å². The Balaban J connectivity index is 2.22. The second-order valence-electron chi connectivity index (χ2n) is 4.87. The number of ether oxygens (including phenoxy) is 1. The highest BCUT2D eigenvalue weighted by molar-refractivity contribution is 5.39. The van der Waals surface area contributed by atoms with Gasteiger partial charge in [0.25, 0.3) is 0 Å². The van der Waals surface area contributed by atoms with Crippen LogP contribution in [-0.2, 0) is 0 Å². The summed E-state index contributed by atoms with van der Waals surface area (Å²) in [6, 6.07) is 6.43. The van der Waals surface area contributed by atoms with E-state index in [4.69, 9.17) is 11.2 Å². The monoisotopic (exact) mass is 228 g/mol. The van der Waals surface area contributed by atoms with Crippen LogP contribution < -0.4 is 4.74 Å². The maximum Gasteiger partial charge on any atom is 0.148 e. The highest BCUT2D eigenvalue weighted by Crippen LogP contribution is 2.37. The molecule has 1 nitrogen and oxygen atoms in total. The van der Waals surface area contributed by atoms with E-state index in [2.05, 4.69) is 31.0 Å². The minimum absolute atomic E-state index is 0.364. The molecule has 2 rings (SSSR count). The number of terminal acetylenes is 1. The van der Waals surface area contributed by atoms with Gasteiger partial charge in [0.1, 0.15) is 12.4 Å². The van der Waals surface area contributed by atoms with Gasteiger partial charge in [0.05, 0.1) is 0 Å². The van der Waals surface area contributed by atoms with Gasteiger partial charge < -0.3 is 4.74 Å². The van der Waals surface area contributed by atoms with Gasteiger partial charge in [-0.1, -0.05) is 42.9 Å². The highest BCUT2D eigenvalue weighted by atomic mass is 16.5. The van der Waals surface area contributed by atoms with E-state index < -0.39 is 0 Å². The van der Waals surface area contributed by atoms with Crippen LogP contribution in [0.2, 0.25) is 0 Å². The van der Waals surface area contributed by atoms with Crippen LogP contribution in [0.25, 0.3) is 0 Å². The molecule has 1 aliphatic rings. The van der Waals surface area contributed by atoms with E-state index in [0.717, 1.165) is 5.75 Å². The molecule has 1 saturated carbocycles. The molecule has 0 amide bonds. The van der Waals surface area contributed by atoms with Crippen LogP contribution in [0, 0.1) is 19.3 Å². The summed E-state index contributed by atoms with van der Waals surface area (Å²) < 4.78 is 5.66. The van der Waals surface area contributed by atoms with E-state index in [1.807, 2.05) is 0 Å². The number of aryl methyl sites for hydroxylation is 1. The van der Waals surface area contributed by atoms with Crippen molar-refractivity contribution in [2.75, 3.05) is 6.61 Å². The number of hydrogen-bond donors (Lipinski definition) is 0. The first-order chi connectivity index (χ1) is 8.31. The lowest BCUT2D eigenvalue weighted by Crippen LogP contribution is -2.07. The van der Waals surface area contributed by atoms with Gasteiger partial charge in [0.2, 0.25) is 0 Å². The van der Waals surface area contributed by atoms with Gasteiger partial charge in [0.15, 0.2) is 0 Å². The van der Waals surface area contributed by atoms with Crippen molar-refractivity contribution in [1.82, 2.24) is 0 Å². The molecule has 1 heteroatoms. The Morgan fingerprint density at radius 3 is 2.76 bits per heavy atom. The van der Waals surface area contributed by atoms with Gasteiger partial charge in [-0.3, -0.25) is 0 Å². The zero-order valence-corrected chi connectivity index (χ0v) is 10.5. The fraction of sp³-hybridized carbons (Fsp3) is 0.500. The maximum atomic E-state index is 5.66. The third kappa shape index (κ3) is 3.03. The lowest BCUT2D eigenvalue weighted by Gasteiger charge is -2.24. The molecule has 0 aliphatic heterocycles. The minimum atomic E-state index is 0.364. The van der Waals surface area contributed by atoms with Crippen molar-refractivity contribution in [3.8, 4) is 18.1 Å². The molecule has 0 bridgehead atoms. The van der Waals surface area contributed by atoms with E-state index >= 15 is 0 Å². The van der Waals surface area contributed by atoms with Crippen LogP contribution in [0.3, 0.4) is 0 Å². The van der Waals surface area contributed by atoms with Crippen molar-refractivity contribution in [1.29, 1.82) is 0 Å². The highest BCUT2D eigenvalue weighted by Gasteiger charge is 2.19. The molecule has 1 fully saturated rings. The first-order valence-corrected chi connectivity index (χ1v) is 6.48. The quantitative estimate of drug-likeness (QED) is 0.709. The molecule has 0 N–H and O–H groups in total. The summed E-state index contributed by atoms with van der Waals surface area (Å²) >= 11 is 0. The molecule has 17 heavy (non-hydrogen) atoms. The molecule has 0 unspecified atom stereocenters. The van der Waals surface area contributed by atoms with Crippen LogP contribution in [0.15, 0.2) is 18.2 Å². The third-order valence-electron chi connectivity index (χ3n) is 3.52. The first-order valence-electron chi connectivity index (χ1n) is 6.48. The number of hydrogen-bond acceptors (Lipinski definition) is 1. The zero-order chi connectivity index (χ0) is 12.1. The fourth-order valence-electron chi connectivity index (χ4n) is 2.65. The van der Waals surface area contributed by atoms with Crippen LogP contribution in [-0.4, -0.2) is 6.61 Å². The van der Waals surface area contributed by atoms with Gasteiger partial charge in [-0.25, -0.2) is 0 Å². The molecule has 90 valence electrons. The minimum Gasteiger partial charge on any atom is -0.481 e. The summed E-state index contributed by atoms with van der Waals surface area (Å²) in [7, 11) is 0. The lowest BCUT2D eigenvalue weighted by atomic mass is 9.83. The molecule has 0 heterocycles. The van der Waals surface area contributed by atoms with Gasteiger partial charge in [-0.15, -0.1) is 6.42 Å². The van der Waals surface area contributed by atoms with Crippen LogP contribution in [0.4, 0.5) is 0 Å². The molecule has 1 aliphatic carbocycles. The smallest absolute Gasteiger partial charge is 0.148 e. The van der Waals surface area contributed by atoms with E-state index in [-0.39, 0.29) is 0 Å². The first kappa shape index (κ1) is 12.0. The van der Waals surface area contributed by atoms with E-state index in [9.17, 15) is 0 Å². The summed E-state index contributed by atoms with van der Waals surface area (Å²) in [5.74, 6) is 4.19. The van der Waals surface area contributed by atoms with E-state index in [1.165, 1.54) is 43.2 Å². The van der Waals surface area contributed by atoms with E-state index in [0.29, 0.717) is 12.5 Å². The van der Waals surface area contributed by atoms with Gasteiger partial charge >= 0.3 is 0 Å². The number of rotatable bonds is 3. The standard InChI is InChI=1S/C16H20O/c1-3-11-17-16-10-9-13(2)12-15(16)14-7-5-4-6-8-14/h1,9-10,12,14H,4-8,11H2,2H3. The van der Waals surface area contributed by atoms with Gasteiger partial charge in [0, 0.05) is 0 Å². The molecular formula is C16H20O. The molecule has 0 aromatic heterocycles. The number of benzene rings is 1. The van der Waals surface area contributed by atoms with Gasteiger partial charge in [-0.05, 0) is 37.3 Å². The second kappa shape index (κ2) is 5.77. The molecule has 1 aromatic rings. The zero-order valence-electron chi connectivity index (χ0n) is 10.5.